The first-order valence-electron chi connectivity index (χ1n) is 14.0. The lowest BCUT2D eigenvalue weighted by Gasteiger charge is -2.63. The Morgan fingerprint density at radius 2 is 1.95 bits per heavy atom. The van der Waals surface area contributed by atoms with E-state index in [1.165, 1.54) is 23.8 Å². The number of halogens is 3. The van der Waals surface area contributed by atoms with Crippen LogP contribution in [0.15, 0.2) is 54.1 Å². The zero-order valence-corrected chi connectivity index (χ0v) is 23.2. The normalized spacial score (nSPS) is 44.8. The summed E-state index contributed by atoms with van der Waals surface area (Å²) in [6, 6.07) is 10.2. The van der Waals surface area contributed by atoms with Gasteiger partial charge in [0.15, 0.2) is 22.8 Å². The molecule has 0 aromatic heterocycles. The maximum atomic E-state index is 17.4. The van der Waals surface area contributed by atoms with Gasteiger partial charge in [-0.15, -0.1) is 11.6 Å². The minimum absolute atomic E-state index is 0.0107. The number of carbonyl (C=O) groups excluding carboxylic acids is 2. The number of aryl methyl sites for hydroxylation is 1. The summed E-state index contributed by atoms with van der Waals surface area (Å²) < 4.78 is 33.2. The molecule has 1 N–H and O–H groups in total. The van der Waals surface area contributed by atoms with Crippen LogP contribution < -0.4 is 0 Å². The van der Waals surface area contributed by atoms with E-state index >= 15 is 8.78 Å². The van der Waals surface area contributed by atoms with E-state index in [2.05, 4.69) is 12.1 Å². The average Bonchev–Trinajstić information content (AvgIpc) is 3.39. The second kappa shape index (κ2) is 9.30. The van der Waals surface area contributed by atoms with E-state index in [4.69, 9.17) is 16.4 Å². The van der Waals surface area contributed by atoms with E-state index in [0.29, 0.717) is 19.5 Å². The van der Waals surface area contributed by atoms with Gasteiger partial charge in [-0.3, -0.25) is 14.4 Å². The summed E-state index contributed by atoms with van der Waals surface area (Å²) in [5.74, 6) is -2.36. The van der Waals surface area contributed by atoms with Crippen molar-refractivity contribution in [3.8, 4) is 0 Å². The predicted molar refractivity (Wildman–Crippen MR) is 143 cm³/mol. The predicted octanol–water partition coefficient (Wildman–Crippen LogP) is 4.96. The van der Waals surface area contributed by atoms with Crippen LogP contribution in [0.4, 0.5) is 8.78 Å². The van der Waals surface area contributed by atoms with E-state index < -0.39 is 46.2 Å². The summed E-state index contributed by atoms with van der Waals surface area (Å²) in [7, 11) is 0. The average molecular weight is 560 g/mol. The Bertz CT molecular complexity index is 1240. The van der Waals surface area contributed by atoms with E-state index in [0.717, 1.165) is 12.8 Å². The summed E-state index contributed by atoms with van der Waals surface area (Å²) >= 11 is 6.18. The van der Waals surface area contributed by atoms with Gasteiger partial charge in [-0.1, -0.05) is 43.3 Å². The standard InChI is InChI=1S/C31H36ClF2NO4/c1-28-11-10-21(36)14-24(28)25(33)15-23-22-13-20-18-35(12-6-9-19-7-4-3-5-8-19)39-31(20,27(38)17-32)29(22,2)16-26(37)30(23,28)34/h3-5,7-8,10-11,14,20,22-23,25-26,37H,6,9,12-13,15-18H2,1-2H3/t20-,22-,23-,25-,26-,28-,29-,30-,31-/m0/s1. The number of rotatable bonds is 6. The Labute approximate surface area is 233 Å². The number of hydrogen-bond donors (Lipinski definition) is 1. The van der Waals surface area contributed by atoms with E-state index in [-0.39, 0.29) is 41.8 Å². The molecule has 8 heteroatoms. The second-order valence-electron chi connectivity index (χ2n) is 12.7. The quantitative estimate of drug-likeness (QED) is 0.499. The van der Waals surface area contributed by atoms with Gasteiger partial charge in [0.25, 0.3) is 0 Å². The van der Waals surface area contributed by atoms with Crippen LogP contribution in [-0.2, 0) is 20.8 Å². The molecule has 39 heavy (non-hydrogen) atoms. The Morgan fingerprint density at radius 3 is 2.67 bits per heavy atom. The van der Waals surface area contributed by atoms with Crippen molar-refractivity contribution in [2.45, 2.75) is 69.5 Å². The summed E-state index contributed by atoms with van der Waals surface area (Å²) in [6.45, 7) is 4.62. The van der Waals surface area contributed by atoms with Gasteiger partial charge in [-0.05, 0) is 68.2 Å². The maximum Gasteiger partial charge on any atom is 0.182 e. The van der Waals surface area contributed by atoms with Crippen molar-refractivity contribution >= 4 is 23.2 Å². The number of allylic oxidation sites excluding steroid dienone is 4. The maximum absolute atomic E-state index is 17.4. The van der Waals surface area contributed by atoms with Gasteiger partial charge in [0.05, 0.1) is 12.0 Å². The number of ketones is 2. The third kappa shape index (κ3) is 3.58. The van der Waals surface area contributed by atoms with Crippen molar-refractivity contribution in [3.05, 3.63) is 59.7 Å². The van der Waals surface area contributed by atoms with Crippen molar-refractivity contribution in [1.82, 2.24) is 5.06 Å². The lowest BCUT2D eigenvalue weighted by molar-refractivity contribution is -0.265. The molecule has 4 aliphatic carbocycles. The number of nitrogens with zero attached hydrogens (tertiary/aromatic N) is 1. The third-order valence-corrected chi connectivity index (χ3v) is 11.2. The number of hydrogen-bond acceptors (Lipinski definition) is 5. The van der Waals surface area contributed by atoms with Gasteiger partial charge in [-0.25, -0.2) is 8.78 Å². The Balaban J connectivity index is 1.32. The number of hydroxylamine groups is 2. The van der Waals surface area contributed by atoms with Gasteiger partial charge in [0.1, 0.15) is 6.17 Å². The monoisotopic (exact) mass is 559 g/mol. The van der Waals surface area contributed by atoms with Gasteiger partial charge >= 0.3 is 0 Å². The van der Waals surface area contributed by atoms with Gasteiger partial charge in [0.2, 0.25) is 0 Å². The minimum Gasteiger partial charge on any atom is -0.390 e. The molecular formula is C31H36ClF2NO4. The Hall–Kier alpha value is -1.93. The SMILES string of the molecule is C[C@]12C=CC(=O)C=C1[C@@H](F)C[C@H]1[C@@H]3C[C@H]4CN(CCCc5ccccc5)O[C@@]4(C(=O)CCl)[C@@]3(C)C[C@H](O)[C@@]12F. The molecule has 0 radical (unpaired) electrons. The highest BCUT2D eigenvalue weighted by Crippen LogP contribution is 2.72. The van der Waals surface area contributed by atoms with Crippen molar-refractivity contribution in [2.75, 3.05) is 19.0 Å². The Kier molecular flexibility index (Phi) is 6.50. The number of aliphatic hydroxyl groups excluding tert-OH is 1. The van der Waals surface area contributed by atoms with Crippen LogP contribution in [0, 0.1) is 28.6 Å². The second-order valence-corrected chi connectivity index (χ2v) is 12.9. The summed E-state index contributed by atoms with van der Waals surface area (Å²) in [5, 5.41) is 13.4. The lowest BCUT2D eigenvalue weighted by Crippen LogP contribution is -2.70. The number of carbonyl (C=O) groups is 2. The number of Topliss-reactive ketones (excluding diaryl/α,β-unsaturated/α-hetero) is 1. The highest BCUT2D eigenvalue weighted by Gasteiger charge is 2.79. The molecule has 1 aromatic rings. The molecule has 1 saturated heterocycles. The van der Waals surface area contributed by atoms with Crippen molar-refractivity contribution in [3.63, 3.8) is 0 Å². The number of benzene rings is 1. The molecule has 210 valence electrons. The Morgan fingerprint density at radius 1 is 1.21 bits per heavy atom. The molecule has 0 amide bonds. The van der Waals surface area contributed by atoms with Gasteiger partial charge < -0.3 is 5.11 Å². The van der Waals surface area contributed by atoms with Crippen LogP contribution in [-0.4, -0.2) is 64.3 Å². The fourth-order valence-corrected chi connectivity index (χ4v) is 9.36. The largest absolute Gasteiger partial charge is 0.390 e. The van der Waals surface area contributed by atoms with Crippen LogP contribution in [0.5, 0.6) is 0 Å². The topological polar surface area (TPSA) is 66.8 Å². The molecule has 9 atom stereocenters. The number of aliphatic hydroxyl groups is 1. The van der Waals surface area contributed by atoms with Crippen LogP contribution in [0.3, 0.4) is 0 Å². The molecule has 1 heterocycles. The number of alkyl halides is 3. The molecule has 1 aliphatic heterocycles. The van der Waals surface area contributed by atoms with E-state index in [1.54, 1.807) is 6.92 Å². The molecule has 0 spiro atoms. The molecule has 1 aromatic carbocycles. The van der Waals surface area contributed by atoms with E-state index in [9.17, 15) is 14.7 Å². The molecule has 0 bridgehead atoms. The molecule has 0 unspecified atom stereocenters. The van der Waals surface area contributed by atoms with Crippen LogP contribution >= 0.6 is 11.6 Å². The summed E-state index contributed by atoms with van der Waals surface area (Å²) in [6.07, 6.45) is 2.97. The molecule has 3 saturated carbocycles. The first kappa shape index (κ1) is 27.3. The third-order valence-electron chi connectivity index (χ3n) is 10.9. The zero-order valence-electron chi connectivity index (χ0n) is 22.4. The minimum atomic E-state index is -2.18. The van der Waals surface area contributed by atoms with Crippen LogP contribution in [0.2, 0.25) is 0 Å². The van der Waals surface area contributed by atoms with Crippen LogP contribution in [0.25, 0.3) is 0 Å². The summed E-state index contributed by atoms with van der Waals surface area (Å²) in [5.41, 5.74) is -4.53. The first-order valence-corrected chi connectivity index (χ1v) is 14.6. The molecule has 5 aliphatic rings. The van der Waals surface area contributed by atoms with Crippen molar-refractivity contribution < 1.29 is 28.3 Å². The first-order chi connectivity index (χ1) is 18.5. The summed E-state index contributed by atoms with van der Waals surface area (Å²) in [4.78, 5) is 32.3. The lowest BCUT2D eigenvalue weighted by atomic mass is 9.44. The fraction of sp³-hybridized carbons (Fsp3) is 0.613. The van der Waals surface area contributed by atoms with E-state index in [1.807, 2.05) is 30.2 Å². The fourth-order valence-electron chi connectivity index (χ4n) is 9.16. The zero-order chi connectivity index (χ0) is 27.8. The molecule has 6 rings (SSSR count). The van der Waals surface area contributed by atoms with Gasteiger partial charge in [-0.2, -0.15) is 5.06 Å². The molecule has 4 fully saturated rings. The smallest absolute Gasteiger partial charge is 0.182 e. The van der Waals surface area contributed by atoms with Crippen molar-refractivity contribution in [1.29, 1.82) is 0 Å². The van der Waals surface area contributed by atoms with Crippen LogP contribution in [0.1, 0.15) is 45.1 Å². The number of fused-ring (bicyclic) bond motifs is 7. The highest BCUT2D eigenvalue weighted by molar-refractivity contribution is 6.29. The van der Waals surface area contributed by atoms with Crippen molar-refractivity contribution in [2.24, 2.45) is 28.6 Å². The molecule has 5 nitrogen and oxygen atoms in total. The highest BCUT2D eigenvalue weighted by atomic mass is 35.5. The van der Waals surface area contributed by atoms with Gasteiger partial charge in [0, 0.05) is 35.8 Å². The molecular weight excluding hydrogens is 524 g/mol.